The van der Waals surface area contributed by atoms with E-state index in [1.807, 2.05) is 22.7 Å². The first-order valence-electron chi connectivity index (χ1n) is 11.1. The van der Waals surface area contributed by atoms with E-state index in [0.29, 0.717) is 11.8 Å². The van der Waals surface area contributed by atoms with Gasteiger partial charge < -0.3 is 14.7 Å². The average Bonchev–Trinajstić information content (AvgIpc) is 2.94. The van der Waals surface area contributed by atoms with Gasteiger partial charge in [0.1, 0.15) is 26.2 Å². The molecule has 1 fully saturated rings. The molecule has 2 aromatic rings. The van der Waals surface area contributed by atoms with E-state index in [-0.39, 0.29) is 5.91 Å². The number of amides is 1. The lowest BCUT2D eigenvalue weighted by molar-refractivity contribution is -1.01. The van der Waals surface area contributed by atoms with Crippen LogP contribution in [-0.2, 0) is 4.79 Å². The number of nitrogens with zero attached hydrogens (tertiary/aromatic N) is 1. The molecule has 158 valence electrons. The van der Waals surface area contributed by atoms with Gasteiger partial charge in [-0.05, 0) is 30.2 Å². The number of rotatable bonds is 5. The lowest BCUT2D eigenvalue weighted by atomic mass is 10.2. The fraction of sp³-hybridized carbons (Fsp3) is 0.400. The molecule has 1 atom stereocenters. The summed E-state index contributed by atoms with van der Waals surface area (Å²) in [6, 6.07) is 18.9. The zero-order valence-electron chi connectivity index (χ0n) is 17.8. The van der Waals surface area contributed by atoms with Crippen LogP contribution in [0.4, 0.5) is 5.69 Å². The highest BCUT2D eigenvalue weighted by molar-refractivity contribution is 8.00. The van der Waals surface area contributed by atoms with Crippen LogP contribution < -0.4 is 14.7 Å². The highest BCUT2D eigenvalue weighted by atomic mass is 32.2. The van der Waals surface area contributed by atoms with Crippen molar-refractivity contribution in [3.05, 3.63) is 66.2 Å². The Morgan fingerprint density at radius 3 is 2.53 bits per heavy atom. The van der Waals surface area contributed by atoms with Crippen LogP contribution in [0.25, 0.3) is 6.08 Å². The predicted molar refractivity (Wildman–Crippen MR) is 125 cm³/mol. The van der Waals surface area contributed by atoms with Crippen LogP contribution in [0, 0.1) is 0 Å². The minimum absolute atomic E-state index is 0.277. The molecule has 0 aliphatic carbocycles. The van der Waals surface area contributed by atoms with Gasteiger partial charge in [0.2, 0.25) is 0 Å². The maximum absolute atomic E-state index is 13.2. The highest BCUT2D eigenvalue weighted by Gasteiger charge is 2.29. The van der Waals surface area contributed by atoms with Gasteiger partial charge in [0.05, 0.1) is 12.2 Å². The summed E-state index contributed by atoms with van der Waals surface area (Å²) >= 11 is 1.90. The molecule has 0 saturated carbocycles. The molecule has 2 heterocycles. The second-order valence-electron chi connectivity index (χ2n) is 8.42. The fourth-order valence-corrected chi connectivity index (χ4v) is 5.43. The summed E-state index contributed by atoms with van der Waals surface area (Å²) in [5, 5.41) is 0.549. The summed E-state index contributed by atoms with van der Waals surface area (Å²) < 4.78 is 0. The van der Waals surface area contributed by atoms with Crippen LogP contribution in [0.15, 0.2) is 65.6 Å². The SMILES string of the molecule is C[C@@H]1CCN(C(=O)C[NH+]2CC[NH+](C/C=C/c3ccccc3)CC2)c2ccccc2S1. The van der Waals surface area contributed by atoms with E-state index >= 15 is 0 Å². The molecular formula is C25H33N3OS+2. The molecule has 0 radical (unpaired) electrons. The number of hydrogen-bond donors (Lipinski definition) is 2. The Bertz CT molecular complexity index is 862. The third-order valence-electron chi connectivity index (χ3n) is 6.13. The van der Waals surface area contributed by atoms with E-state index in [9.17, 15) is 4.79 Å². The smallest absolute Gasteiger partial charge is 0.282 e. The number of quaternary nitrogens is 2. The van der Waals surface area contributed by atoms with E-state index < -0.39 is 0 Å². The zero-order valence-corrected chi connectivity index (χ0v) is 18.7. The average molecular weight is 424 g/mol. The molecule has 30 heavy (non-hydrogen) atoms. The normalized spacial score (nSPS) is 24.4. The monoisotopic (exact) mass is 423 g/mol. The van der Waals surface area contributed by atoms with Crippen molar-refractivity contribution in [1.82, 2.24) is 0 Å². The Labute approximate surface area is 184 Å². The first kappa shape index (κ1) is 21.2. The summed E-state index contributed by atoms with van der Waals surface area (Å²) in [6.07, 6.45) is 5.55. The van der Waals surface area contributed by atoms with Gasteiger partial charge in [-0.25, -0.2) is 0 Å². The molecule has 2 aromatic carbocycles. The molecule has 4 nitrogen and oxygen atoms in total. The Kier molecular flexibility index (Phi) is 7.26. The number of carbonyl (C=O) groups excluding carboxylic acids is 1. The summed E-state index contributed by atoms with van der Waals surface area (Å²) in [5.74, 6) is 0.277. The number of piperazine rings is 1. The van der Waals surface area contributed by atoms with Crippen LogP contribution >= 0.6 is 11.8 Å². The van der Waals surface area contributed by atoms with Crippen molar-refractivity contribution < 1.29 is 14.6 Å². The molecule has 1 amide bonds. The Balaban J connectivity index is 1.28. The summed E-state index contributed by atoms with van der Waals surface area (Å²) in [6.45, 7) is 9.16. The van der Waals surface area contributed by atoms with Gasteiger partial charge in [0.15, 0.2) is 6.54 Å². The molecule has 1 saturated heterocycles. The summed E-state index contributed by atoms with van der Waals surface area (Å²) in [7, 11) is 0. The minimum Gasteiger partial charge on any atom is -0.322 e. The second kappa shape index (κ2) is 10.3. The zero-order chi connectivity index (χ0) is 20.8. The third kappa shape index (κ3) is 5.54. The van der Waals surface area contributed by atoms with E-state index in [1.165, 1.54) is 15.4 Å². The number of nitrogens with one attached hydrogen (secondary N) is 2. The molecule has 2 aliphatic rings. The molecule has 0 bridgehead atoms. The number of para-hydroxylation sites is 1. The third-order valence-corrected chi connectivity index (χ3v) is 7.36. The molecule has 0 spiro atoms. The first-order valence-corrected chi connectivity index (χ1v) is 12.0. The number of anilines is 1. The summed E-state index contributed by atoms with van der Waals surface area (Å²) in [5.41, 5.74) is 2.36. The number of thioether (sulfide) groups is 1. The van der Waals surface area contributed by atoms with Gasteiger partial charge in [-0.3, -0.25) is 4.79 Å². The van der Waals surface area contributed by atoms with Crippen LogP contribution in [0.2, 0.25) is 0 Å². The van der Waals surface area contributed by atoms with Crippen molar-refractivity contribution in [2.45, 2.75) is 23.5 Å². The molecule has 4 rings (SSSR count). The van der Waals surface area contributed by atoms with E-state index in [0.717, 1.165) is 51.4 Å². The van der Waals surface area contributed by atoms with Crippen molar-refractivity contribution in [1.29, 1.82) is 0 Å². The number of fused-ring (bicyclic) bond motifs is 1. The van der Waals surface area contributed by atoms with Crippen molar-refractivity contribution in [2.24, 2.45) is 0 Å². The minimum atomic E-state index is 0.277. The largest absolute Gasteiger partial charge is 0.322 e. The lowest BCUT2D eigenvalue weighted by Crippen LogP contribution is -3.28. The fourth-order valence-electron chi connectivity index (χ4n) is 4.32. The lowest BCUT2D eigenvalue weighted by Gasteiger charge is -2.30. The van der Waals surface area contributed by atoms with Gasteiger partial charge in [0, 0.05) is 16.7 Å². The van der Waals surface area contributed by atoms with Crippen LogP contribution in [0.1, 0.15) is 18.9 Å². The molecular weight excluding hydrogens is 390 g/mol. The molecule has 0 aromatic heterocycles. The van der Waals surface area contributed by atoms with Crippen molar-refractivity contribution >= 4 is 29.4 Å². The van der Waals surface area contributed by atoms with Gasteiger partial charge in [-0.1, -0.05) is 55.5 Å². The van der Waals surface area contributed by atoms with Gasteiger partial charge >= 0.3 is 0 Å². The van der Waals surface area contributed by atoms with Gasteiger partial charge in [-0.15, -0.1) is 11.8 Å². The number of benzene rings is 2. The second-order valence-corrected chi connectivity index (χ2v) is 9.90. The number of carbonyl (C=O) groups is 1. The standard InChI is InChI=1S/C25H31N3OS/c1-21-13-15-28(23-11-5-6-12-24(23)30-21)25(29)20-27-18-16-26(17-19-27)14-7-10-22-8-3-2-4-9-22/h2-12,21H,13-20H2,1H3/p+2/b10-7+/t21-/m1/s1. The number of hydrogen-bond acceptors (Lipinski definition) is 2. The van der Waals surface area contributed by atoms with Crippen molar-refractivity contribution in [2.75, 3.05) is 50.7 Å². The maximum atomic E-state index is 13.2. The predicted octanol–water partition coefficient (Wildman–Crippen LogP) is 1.40. The molecule has 2 aliphatic heterocycles. The Morgan fingerprint density at radius 2 is 1.73 bits per heavy atom. The Hall–Kier alpha value is -2.08. The Morgan fingerprint density at radius 1 is 1.03 bits per heavy atom. The molecule has 0 unspecified atom stereocenters. The van der Waals surface area contributed by atoms with E-state index in [1.54, 1.807) is 4.90 Å². The van der Waals surface area contributed by atoms with Crippen LogP contribution in [-0.4, -0.2) is 57.0 Å². The van der Waals surface area contributed by atoms with E-state index in [2.05, 4.69) is 67.6 Å². The van der Waals surface area contributed by atoms with Gasteiger partial charge in [0.25, 0.3) is 5.91 Å². The summed E-state index contributed by atoms with van der Waals surface area (Å²) in [4.78, 5) is 19.5. The quantitative estimate of drug-likeness (QED) is 0.761. The van der Waals surface area contributed by atoms with Crippen molar-refractivity contribution in [3.8, 4) is 0 Å². The van der Waals surface area contributed by atoms with Crippen LogP contribution in [0.3, 0.4) is 0 Å². The van der Waals surface area contributed by atoms with Gasteiger partial charge in [-0.2, -0.15) is 0 Å². The highest BCUT2D eigenvalue weighted by Crippen LogP contribution is 2.37. The van der Waals surface area contributed by atoms with Crippen molar-refractivity contribution in [3.63, 3.8) is 0 Å². The molecule has 2 N–H and O–H groups in total. The molecule has 5 heteroatoms. The van der Waals surface area contributed by atoms with E-state index in [4.69, 9.17) is 0 Å². The van der Waals surface area contributed by atoms with Crippen LogP contribution in [0.5, 0.6) is 0 Å². The maximum Gasteiger partial charge on any atom is 0.282 e. The topological polar surface area (TPSA) is 29.2 Å². The first-order chi connectivity index (χ1) is 14.7.